The van der Waals surface area contributed by atoms with Crippen LogP contribution in [0.2, 0.25) is 0 Å². The highest BCUT2D eigenvalue weighted by atomic mass is 16.2. The fourth-order valence-electron chi connectivity index (χ4n) is 2.84. The Hall–Kier alpha value is -2.73. The van der Waals surface area contributed by atoms with Gasteiger partial charge in [-0.1, -0.05) is 12.5 Å². The minimum absolute atomic E-state index is 0.0324. The lowest BCUT2D eigenvalue weighted by Crippen LogP contribution is -2.43. The van der Waals surface area contributed by atoms with E-state index in [1.54, 1.807) is 30.6 Å². The Bertz CT molecular complexity index is 755. The van der Waals surface area contributed by atoms with Gasteiger partial charge in [-0.15, -0.1) is 0 Å². The molecule has 1 aromatic heterocycles. The van der Waals surface area contributed by atoms with Gasteiger partial charge in [0.15, 0.2) is 0 Å². The van der Waals surface area contributed by atoms with E-state index in [0.717, 1.165) is 31.4 Å². The number of anilines is 2. The summed E-state index contributed by atoms with van der Waals surface area (Å²) in [6.07, 6.45) is 6.18. The van der Waals surface area contributed by atoms with Gasteiger partial charge < -0.3 is 16.0 Å². The zero-order valence-electron chi connectivity index (χ0n) is 14.2. The van der Waals surface area contributed by atoms with Gasteiger partial charge in [0.1, 0.15) is 0 Å². The van der Waals surface area contributed by atoms with Gasteiger partial charge in [0.2, 0.25) is 5.91 Å². The van der Waals surface area contributed by atoms with E-state index in [9.17, 15) is 9.59 Å². The molecule has 3 N–H and O–H groups in total. The molecular weight excluding hydrogens is 316 g/mol. The van der Waals surface area contributed by atoms with Crippen molar-refractivity contribution in [1.29, 1.82) is 0 Å². The SMILES string of the molecule is Cc1ccc(NC(=O)[C@H]2CCCCN2)cc1NC(=O)c1ccncc1. The summed E-state index contributed by atoms with van der Waals surface area (Å²) in [7, 11) is 0. The topological polar surface area (TPSA) is 83.1 Å². The van der Waals surface area contributed by atoms with Crippen molar-refractivity contribution in [3.05, 3.63) is 53.9 Å². The van der Waals surface area contributed by atoms with Crippen LogP contribution in [-0.2, 0) is 4.79 Å². The van der Waals surface area contributed by atoms with E-state index in [1.807, 2.05) is 19.1 Å². The Labute approximate surface area is 147 Å². The second-order valence-corrected chi connectivity index (χ2v) is 6.21. The van der Waals surface area contributed by atoms with Crippen molar-refractivity contribution in [2.75, 3.05) is 17.2 Å². The zero-order valence-corrected chi connectivity index (χ0v) is 14.2. The quantitative estimate of drug-likeness (QED) is 0.800. The summed E-state index contributed by atoms with van der Waals surface area (Å²) in [5, 5.41) is 9.05. The molecule has 0 spiro atoms. The van der Waals surface area contributed by atoms with E-state index >= 15 is 0 Å². The third kappa shape index (κ3) is 4.42. The molecule has 0 radical (unpaired) electrons. The highest BCUT2D eigenvalue weighted by Crippen LogP contribution is 2.21. The molecule has 1 aromatic carbocycles. The van der Waals surface area contributed by atoms with Crippen LogP contribution in [0.5, 0.6) is 0 Å². The molecule has 2 amide bonds. The molecule has 3 rings (SSSR count). The Balaban J connectivity index is 1.69. The first-order chi connectivity index (χ1) is 12.1. The van der Waals surface area contributed by atoms with Crippen LogP contribution in [0, 0.1) is 6.92 Å². The third-order valence-corrected chi connectivity index (χ3v) is 4.32. The van der Waals surface area contributed by atoms with E-state index in [1.165, 1.54) is 0 Å². The Morgan fingerprint density at radius 3 is 2.64 bits per heavy atom. The van der Waals surface area contributed by atoms with Crippen molar-refractivity contribution in [3.63, 3.8) is 0 Å². The molecule has 130 valence electrons. The molecule has 1 saturated heterocycles. The van der Waals surface area contributed by atoms with Crippen molar-refractivity contribution < 1.29 is 9.59 Å². The Morgan fingerprint density at radius 1 is 1.12 bits per heavy atom. The Morgan fingerprint density at radius 2 is 1.92 bits per heavy atom. The van der Waals surface area contributed by atoms with Gasteiger partial charge in [-0.2, -0.15) is 0 Å². The molecule has 0 saturated carbocycles. The van der Waals surface area contributed by atoms with Crippen LogP contribution in [0.4, 0.5) is 11.4 Å². The van der Waals surface area contributed by atoms with Gasteiger partial charge in [0, 0.05) is 29.3 Å². The summed E-state index contributed by atoms with van der Waals surface area (Å²) in [5.41, 5.74) is 2.82. The highest BCUT2D eigenvalue weighted by molar-refractivity contribution is 6.05. The molecular formula is C19H22N4O2. The van der Waals surface area contributed by atoms with Crippen LogP contribution in [0.1, 0.15) is 35.2 Å². The number of nitrogens with one attached hydrogen (secondary N) is 3. The lowest BCUT2D eigenvalue weighted by molar-refractivity contribution is -0.118. The van der Waals surface area contributed by atoms with Crippen LogP contribution < -0.4 is 16.0 Å². The average Bonchev–Trinajstić information content (AvgIpc) is 2.66. The molecule has 1 fully saturated rings. The standard InChI is InChI=1S/C19H22N4O2/c1-13-5-6-15(22-19(25)16-4-2-3-9-21-16)12-17(13)23-18(24)14-7-10-20-11-8-14/h5-8,10-12,16,21H,2-4,9H2,1H3,(H,22,25)(H,23,24)/t16-/m1/s1. The average molecular weight is 338 g/mol. The maximum absolute atomic E-state index is 12.3. The number of aryl methyl sites for hydroxylation is 1. The number of pyridine rings is 1. The van der Waals surface area contributed by atoms with Gasteiger partial charge in [-0.05, 0) is 56.1 Å². The summed E-state index contributed by atoms with van der Waals surface area (Å²) in [4.78, 5) is 28.6. The third-order valence-electron chi connectivity index (χ3n) is 4.32. The minimum Gasteiger partial charge on any atom is -0.325 e. The lowest BCUT2D eigenvalue weighted by atomic mass is 10.0. The predicted molar refractivity (Wildman–Crippen MR) is 97.6 cm³/mol. The van der Waals surface area contributed by atoms with Crippen molar-refractivity contribution in [1.82, 2.24) is 10.3 Å². The predicted octanol–water partition coefficient (Wildman–Crippen LogP) is 2.72. The molecule has 2 heterocycles. The first-order valence-corrected chi connectivity index (χ1v) is 8.50. The number of hydrogen-bond donors (Lipinski definition) is 3. The van der Waals surface area contributed by atoms with Crippen molar-refractivity contribution in [2.24, 2.45) is 0 Å². The summed E-state index contributed by atoms with van der Waals surface area (Å²) in [6.45, 7) is 2.79. The first kappa shape index (κ1) is 17.1. The highest BCUT2D eigenvalue weighted by Gasteiger charge is 2.20. The monoisotopic (exact) mass is 338 g/mol. The second kappa shape index (κ2) is 7.90. The molecule has 0 aliphatic carbocycles. The van der Waals surface area contributed by atoms with E-state index < -0.39 is 0 Å². The number of piperidine rings is 1. The normalized spacial score (nSPS) is 16.9. The number of nitrogens with zero attached hydrogens (tertiary/aromatic N) is 1. The van der Waals surface area contributed by atoms with Gasteiger partial charge >= 0.3 is 0 Å². The smallest absolute Gasteiger partial charge is 0.255 e. The number of rotatable bonds is 4. The zero-order chi connectivity index (χ0) is 17.6. The molecule has 0 unspecified atom stereocenters. The minimum atomic E-state index is -0.206. The van der Waals surface area contributed by atoms with Crippen LogP contribution >= 0.6 is 0 Å². The van der Waals surface area contributed by atoms with Gasteiger partial charge in [0.05, 0.1) is 6.04 Å². The maximum Gasteiger partial charge on any atom is 0.255 e. The van der Waals surface area contributed by atoms with Crippen molar-refractivity contribution in [2.45, 2.75) is 32.2 Å². The van der Waals surface area contributed by atoms with Crippen LogP contribution in [0.25, 0.3) is 0 Å². The molecule has 1 aliphatic rings. The molecule has 1 atom stereocenters. The largest absolute Gasteiger partial charge is 0.325 e. The summed E-state index contributed by atoms with van der Waals surface area (Å²) >= 11 is 0. The van der Waals surface area contributed by atoms with E-state index in [2.05, 4.69) is 20.9 Å². The van der Waals surface area contributed by atoms with Crippen LogP contribution in [-0.4, -0.2) is 29.4 Å². The molecule has 6 nitrogen and oxygen atoms in total. The van der Waals surface area contributed by atoms with Crippen molar-refractivity contribution >= 4 is 23.2 Å². The number of carbonyl (C=O) groups is 2. The molecule has 0 bridgehead atoms. The fraction of sp³-hybridized carbons (Fsp3) is 0.316. The first-order valence-electron chi connectivity index (χ1n) is 8.50. The van der Waals surface area contributed by atoms with Gasteiger partial charge in [-0.3, -0.25) is 14.6 Å². The van der Waals surface area contributed by atoms with E-state index in [-0.39, 0.29) is 17.9 Å². The fourth-order valence-corrected chi connectivity index (χ4v) is 2.84. The maximum atomic E-state index is 12.3. The molecule has 1 aliphatic heterocycles. The second-order valence-electron chi connectivity index (χ2n) is 6.21. The number of aromatic nitrogens is 1. The van der Waals surface area contributed by atoms with Gasteiger partial charge in [0.25, 0.3) is 5.91 Å². The van der Waals surface area contributed by atoms with Crippen LogP contribution in [0.3, 0.4) is 0 Å². The number of hydrogen-bond acceptors (Lipinski definition) is 4. The van der Waals surface area contributed by atoms with E-state index in [0.29, 0.717) is 16.9 Å². The lowest BCUT2D eigenvalue weighted by Gasteiger charge is -2.22. The summed E-state index contributed by atoms with van der Waals surface area (Å²) in [5.74, 6) is -0.238. The molecule has 25 heavy (non-hydrogen) atoms. The van der Waals surface area contributed by atoms with Gasteiger partial charge in [-0.25, -0.2) is 0 Å². The number of benzene rings is 1. The Kier molecular flexibility index (Phi) is 5.40. The number of amides is 2. The molecule has 6 heteroatoms. The summed E-state index contributed by atoms with van der Waals surface area (Å²) in [6, 6.07) is 8.68. The van der Waals surface area contributed by atoms with Crippen molar-refractivity contribution in [3.8, 4) is 0 Å². The molecule has 2 aromatic rings. The van der Waals surface area contributed by atoms with E-state index in [4.69, 9.17) is 0 Å². The number of carbonyl (C=O) groups excluding carboxylic acids is 2. The summed E-state index contributed by atoms with van der Waals surface area (Å²) < 4.78 is 0. The van der Waals surface area contributed by atoms with Crippen LogP contribution in [0.15, 0.2) is 42.7 Å².